The molecule has 31 heavy (non-hydrogen) atoms. The van der Waals surface area contributed by atoms with Crippen LogP contribution in [0.1, 0.15) is 12.3 Å². The SMILES string of the molecule is Cc1nc(-c2cccc(N3C[C@@H](C(=O)Nc4ccc5c(c4)OCCO5)CC3=O)c2)no1. The molecule has 3 aromatic rings. The number of ether oxygens (including phenoxy) is 2. The minimum atomic E-state index is -0.461. The molecular formula is C22H20N4O5. The van der Waals surface area contributed by atoms with Crippen LogP contribution in [0.2, 0.25) is 0 Å². The van der Waals surface area contributed by atoms with Crippen LogP contribution in [0.25, 0.3) is 11.4 Å². The predicted molar refractivity (Wildman–Crippen MR) is 111 cm³/mol. The second-order valence-electron chi connectivity index (χ2n) is 7.44. The lowest BCUT2D eigenvalue weighted by atomic mass is 10.1. The van der Waals surface area contributed by atoms with Crippen LogP contribution >= 0.6 is 0 Å². The van der Waals surface area contributed by atoms with Gasteiger partial charge >= 0.3 is 0 Å². The van der Waals surface area contributed by atoms with Gasteiger partial charge < -0.3 is 24.2 Å². The van der Waals surface area contributed by atoms with Crippen LogP contribution in [0, 0.1) is 12.8 Å². The topological polar surface area (TPSA) is 107 Å². The number of amides is 2. The molecule has 0 bridgehead atoms. The van der Waals surface area contributed by atoms with Crippen LogP contribution in [0.5, 0.6) is 11.5 Å². The maximum Gasteiger partial charge on any atom is 0.229 e. The molecule has 0 saturated carbocycles. The van der Waals surface area contributed by atoms with E-state index in [0.29, 0.717) is 54.3 Å². The number of fused-ring (bicyclic) bond motifs is 1. The number of aromatic nitrogens is 2. The van der Waals surface area contributed by atoms with E-state index in [4.69, 9.17) is 14.0 Å². The summed E-state index contributed by atoms with van der Waals surface area (Å²) in [6.07, 6.45) is 0.141. The quantitative estimate of drug-likeness (QED) is 0.692. The first kappa shape index (κ1) is 19.1. The molecule has 9 heteroatoms. The Morgan fingerprint density at radius 2 is 1.97 bits per heavy atom. The maximum atomic E-state index is 12.8. The van der Waals surface area contributed by atoms with Crippen molar-refractivity contribution < 1.29 is 23.6 Å². The number of nitrogens with one attached hydrogen (secondary N) is 1. The van der Waals surface area contributed by atoms with Gasteiger partial charge in [-0.15, -0.1) is 0 Å². The summed E-state index contributed by atoms with van der Waals surface area (Å²) in [5.41, 5.74) is 2.04. The normalized spacial score (nSPS) is 17.6. The average molecular weight is 420 g/mol. The standard InChI is InChI=1S/C22H20N4O5/c1-13-23-21(25-31-13)14-3-2-4-17(9-14)26-12-15(10-20(26)27)22(28)24-16-5-6-18-19(11-16)30-8-7-29-18/h2-6,9,11,15H,7-8,10,12H2,1H3,(H,24,28)/t15-/m0/s1. The van der Waals surface area contributed by atoms with Crippen molar-refractivity contribution in [1.82, 2.24) is 10.1 Å². The van der Waals surface area contributed by atoms with Gasteiger partial charge in [0, 0.05) is 42.9 Å². The lowest BCUT2D eigenvalue weighted by molar-refractivity contribution is -0.122. The average Bonchev–Trinajstić information content (AvgIpc) is 3.39. The lowest BCUT2D eigenvalue weighted by Gasteiger charge is -2.19. The third-order valence-electron chi connectivity index (χ3n) is 5.25. The van der Waals surface area contributed by atoms with Crippen LogP contribution in [0.4, 0.5) is 11.4 Å². The summed E-state index contributed by atoms with van der Waals surface area (Å²) in [5.74, 6) is 1.40. The van der Waals surface area contributed by atoms with Gasteiger partial charge in [0.05, 0.1) is 5.92 Å². The fraction of sp³-hybridized carbons (Fsp3) is 0.273. The summed E-state index contributed by atoms with van der Waals surface area (Å²) in [7, 11) is 0. The van der Waals surface area contributed by atoms with Crippen molar-refractivity contribution >= 4 is 23.2 Å². The van der Waals surface area contributed by atoms with Crippen LogP contribution in [0.3, 0.4) is 0 Å². The number of nitrogens with zero attached hydrogens (tertiary/aromatic N) is 3. The first-order valence-electron chi connectivity index (χ1n) is 9.98. The highest BCUT2D eigenvalue weighted by Gasteiger charge is 2.35. The molecule has 2 aliphatic rings. The summed E-state index contributed by atoms with van der Waals surface area (Å²) in [6, 6.07) is 12.6. The van der Waals surface area contributed by atoms with E-state index < -0.39 is 5.92 Å². The molecule has 2 aromatic carbocycles. The predicted octanol–water partition coefficient (Wildman–Crippen LogP) is 2.81. The Morgan fingerprint density at radius 1 is 1.13 bits per heavy atom. The van der Waals surface area contributed by atoms with Crippen LogP contribution < -0.4 is 19.7 Å². The van der Waals surface area contributed by atoms with E-state index in [0.717, 1.165) is 5.56 Å². The van der Waals surface area contributed by atoms with Gasteiger partial charge in [0.15, 0.2) is 11.5 Å². The third kappa shape index (κ3) is 3.81. The summed E-state index contributed by atoms with van der Waals surface area (Å²) < 4.78 is 16.1. The molecule has 1 atom stereocenters. The molecule has 0 unspecified atom stereocenters. The molecule has 158 valence electrons. The summed E-state index contributed by atoms with van der Waals surface area (Å²) in [4.78, 5) is 31.3. The van der Waals surface area contributed by atoms with Crippen molar-refractivity contribution in [3.63, 3.8) is 0 Å². The highest BCUT2D eigenvalue weighted by Crippen LogP contribution is 2.33. The maximum absolute atomic E-state index is 12.8. The molecule has 2 amide bonds. The highest BCUT2D eigenvalue weighted by atomic mass is 16.6. The molecule has 0 radical (unpaired) electrons. The molecule has 0 aliphatic carbocycles. The Hall–Kier alpha value is -3.88. The second-order valence-corrected chi connectivity index (χ2v) is 7.44. The Morgan fingerprint density at radius 3 is 2.77 bits per heavy atom. The Kier molecular flexibility index (Phi) is 4.78. The van der Waals surface area contributed by atoms with Crippen molar-refractivity contribution in [1.29, 1.82) is 0 Å². The number of hydrogen-bond donors (Lipinski definition) is 1. The fourth-order valence-electron chi connectivity index (χ4n) is 3.73. The van der Waals surface area contributed by atoms with Gasteiger partial charge in [-0.05, 0) is 24.3 Å². The smallest absolute Gasteiger partial charge is 0.229 e. The molecule has 5 rings (SSSR count). The molecular weight excluding hydrogens is 400 g/mol. The summed E-state index contributed by atoms with van der Waals surface area (Å²) in [6.45, 7) is 2.99. The van der Waals surface area contributed by atoms with E-state index in [1.807, 2.05) is 24.3 Å². The number of carbonyl (C=O) groups excluding carboxylic acids is 2. The van der Waals surface area contributed by atoms with Crippen LogP contribution in [0.15, 0.2) is 47.0 Å². The molecule has 1 fully saturated rings. The highest BCUT2D eigenvalue weighted by molar-refractivity contribution is 6.03. The van der Waals surface area contributed by atoms with Crippen molar-refractivity contribution in [2.45, 2.75) is 13.3 Å². The van der Waals surface area contributed by atoms with Gasteiger partial charge in [-0.25, -0.2) is 0 Å². The molecule has 9 nitrogen and oxygen atoms in total. The number of benzene rings is 2. The zero-order chi connectivity index (χ0) is 21.4. The molecule has 1 N–H and O–H groups in total. The minimum absolute atomic E-state index is 0.108. The Labute approximate surface area is 177 Å². The third-order valence-corrected chi connectivity index (χ3v) is 5.25. The zero-order valence-corrected chi connectivity index (χ0v) is 16.8. The number of carbonyl (C=O) groups is 2. The van der Waals surface area contributed by atoms with Gasteiger partial charge in [0.25, 0.3) is 0 Å². The van der Waals surface area contributed by atoms with Crippen molar-refractivity contribution in [2.24, 2.45) is 5.92 Å². The molecule has 1 saturated heterocycles. The van der Waals surface area contributed by atoms with E-state index in [2.05, 4.69) is 15.5 Å². The van der Waals surface area contributed by atoms with Gasteiger partial charge in [-0.1, -0.05) is 17.3 Å². The van der Waals surface area contributed by atoms with Gasteiger partial charge in [-0.3, -0.25) is 9.59 Å². The van der Waals surface area contributed by atoms with E-state index in [1.165, 1.54) is 0 Å². The van der Waals surface area contributed by atoms with E-state index >= 15 is 0 Å². The zero-order valence-electron chi connectivity index (χ0n) is 16.8. The van der Waals surface area contributed by atoms with E-state index in [1.54, 1.807) is 30.0 Å². The van der Waals surface area contributed by atoms with Crippen LogP contribution in [-0.4, -0.2) is 41.7 Å². The second kappa shape index (κ2) is 7.75. The van der Waals surface area contributed by atoms with Gasteiger partial charge in [0.2, 0.25) is 23.5 Å². The van der Waals surface area contributed by atoms with E-state index in [-0.39, 0.29) is 18.2 Å². The fourth-order valence-corrected chi connectivity index (χ4v) is 3.73. The summed E-state index contributed by atoms with van der Waals surface area (Å²) in [5, 5.41) is 6.80. The summed E-state index contributed by atoms with van der Waals surface area (Å²) >= 11 is 0. The Bertz CT molecular complexity index is 1160. The molecule has 1 aromatic heterocycles. The van der Waals surface area contributed by atoms with Crippen molar-refractivity contribution in [2.75, 3.05) is 30.0 Å². The number of hydrogen-bond acceptors (Lipinski definition) is 7. The monoisotopic (exact) mass is 420 g/mol. The van der Waals surface area contributed by atoms with E-state index in [9.17, 15) is 9.59 Å². The van der Waals surface area contributed by atoms with Gasteiger partial charge in [-0.2, -0.15) is 4.98 Å². The van der Waals surface area contributed by atoms with Crippen LogP contribution in [-0.2, 0) is 9.59 Å². The first-order chi connectivity index (χ1) is 15.1. The number of rotatable bonds is 4. The molecule has 3 heterocycles. The van der Waals surface area contributed by atoms with Crippen molar-refractivity contribution in [3.8, 4) is 22.9 Å². The molecule has 0 spiro atoms. The largest absolute Gasteiger partial charge is 0.486 e. The first-order valence-corrected chi connectivity index (χ1v) is 9.98. The minimum Gasteiger partial charge on any atom is -0.486 e. The van der Waals surface area contributed by atoms with Crippen molar-refractivity contribution in [3.05, 3.63) is 48.4 Å². The molecule has 2 aliphatic heterocycles. The Balaban J connectivity index is 1.29. The lowest BCUT2D eigenvalue weighted by Crippen LogP contribution is -2.28. The van der Waals surface area contributed by atoms with Gasteiger partial charge in [0.1, 0.15) is 13.2 Å². The number of aryl methyl sites for hydroxylation is 1. The number of anilines is 2.